The van der Waals surface area contributed by atoms with Gasteiger partial charge in [-0.25, -0.2) is 0 Å². The number of nitrogens with zero attached hydrogens (tertiary/aromatic N) is 3. The van der Waals surface area contributed by atoms with Crippen molar-refractivity contribution in [3.63, 3.8) is 0 Å². The van der Waals surface area contributed by atoms with Crippen molar-refractivity contribution in [1.82, 2.24) is 14.7 Å². The molecule has 0 aliphatic carbocycles. The van der Waals surface area contributed by atoms with Crippen molar-refractivity contribution < 1.29 is 0 Å². The van der Waals surface area contributed by atoms with Gasteiger partial charge in [0.15, 0.2) is 0 Å². The van der Waals surface area contributed by atoms with Crippen LogP contribution in [-0.2, 0) is 0 Å². The maximum atomic E-state index is 6.40. The molecule has 25 heavy (non-hydrogen) atoms. The first kappa shape index (κ1) is 26.6. The summed E-state index contributed by atoms with van der Waals surface area (Å²) in [5, 5.41) is 0. The molecule has 0 heterocycles. The van der Waals surface area contributed by atoms with E-state index in [1.807, 2.05) is 21.1 Å². The highest BCUT2D eigenvalue weighted by atomic mass is 35.5. The van der Waals surface area contributed by atoms with Gasteiger partial charge in [0, 0.05) is 79.0 Å². The molecule has 152 valence electrons. The topological polar surface area (TPSA) is 9.72 Å². The van der Waals surface area contributed by atoms with Gasteiger partial charge >= 0.3 is 0 Å². The average Bonchev–Trinajstić information content (AvgIpc) is 2.57. The number of alkyl halides is 6. The van der Waals surface area contributed by atoms with E-state index in [9.17, 15) is 0 Å². The Hall–Kier alpha value is 1.62. The van der Waals surface area contributed by atoms with E-state index in [0.29, 0.717) is 35.3 Å². The quantitative estimate of drug-likeness (QED) is 0.331. The largest absolute Gasteiger partial charge is 0.301 e. The van der Waals surface area contributed by atoms with Crippen molar-refractivity contribution in [2.75, 3.05) is 76.1 Å². The minimum atomic E-state index is 0.0865. The van der Waals surface area contributed by atoms with E-state index in [1.54, 1.807) is 0 Å². The van der Waals surface area contributed by atoms with Crippen molar-refractivity contribution in [2.24, 2.45) is 5.92 Å². The van der Waals surface area contributed by atoms with Gasteiger partial charge in [-0.3, -0.25) is 0 Å². The van der Waals surface area contributed by atoms with E-state index in [-0.39, 0.29) is 24.0 Å². The lowest BCUT2D eigenvalue weighted by Crippen LogP contribution is -2.59. The van der Waals surface area contributed by atoms with E-state index < -0.39 is 0 Å². The van der Waals surface area contributed by atoms with Gasteiger partial charge in [0.1, 0.15) is 0 Å². The van der Waals surface area contributed by atoms with Crippen molar-refractivity contribution in [3.05, 3.63) is 0 Å². The van der Waals surface area contributed by atoms with Gasteiger partial charge in [-0.2, -0.15) is 0 Å². The molecule has 0 fully saturated rings. The molecule has 0 aliphatic rings. The third-order valence-corrected chi connectivity index (χ3v) is 6.27. The number of hydrogen-bond donors (Lipinski definition) is 0. The third-order valence-electron chi connectivity index (χ3n) is 4.82. The van der Waals surface area contributed by atoms with Crippen molar-refractivity contribution in [2.45, 2.75) is 18.1 Å². The minimum absolute atomic E-state index is 0.0865. The normalized spacial score (nSPS) is 17.3. The summed E-state index contributed by atoms with van der Waals surface area (Å²) in [7, 11) is 6.13. The second-order valence-corrected chi connectivity index (χ2v) is 8.31. The van der Waals surface area contributed by atoms with Crippen LogP contribution in [0.15, 0.2) is 0 Å². The summed E-state index contributed by atoms with van der Waals surface area (Å²) >= 11 is 37.1. The van der Waals surface area contributed by atoms with Crippen LogP contribution in [0.25, 0.3) is 0 Å². The molecule has 0 amide bonds. The monoisotopic (exact) mass is 475 g/mol. The fourth-order valence-electron chi connectivity index (χ4n) is 3.21. The maximum absolute atomic E-state index is 6.40. The summed E-state index contributed by atoms with van der Waals surface area (Å²) < 4.78 is 0. The highest BCUT2D eigenvalue weighted by Gasteiger charge is 2.40. The molecule has 0 aromatic carbocycles. The summed E-state index contributed by atoms with van der Waals surface area (Å²) in [6.45, 7) is 2.24. The zero-order chi connectivity index (χ0) is 19.4. The van der Waals surface area contributed by atoms with Crippen LogP contribution in [0.2, 0.25) is 0 Å². The molecule has 0 N–H and O–H groups in total. The van der Waals surface area contributed by atoms with Crippen LogP contribution in [0.4, 0.5) is 0 Å². The molecule has 0 aromatic heterocycles. The zero-order valence-electron chi connectivity index (χ0n) is 15.3. The first-order valence-electron chi connectivity index (χ1n) is 8.39. The average molecular weight is 478 g/mol. The number of rotatable bonds is 15. The molecule has 0 saturated carbocycles. The highest BCUT2D eigenvalue weighted by Crippen LogP contribution is 2.28. The van der Waals surface area contributed by atoms with Crippen molar-refractivity contribution in [1.29, 1.82) is 0 Å². The SMILES string of the molecule is CN(CCCl)C(CCl)C(C(CCl)N(C)CCCl)C(CCl)N(C)CCCl. The predicted octanol–water partition coefficient (Wildman–Crippen LogP) is 3.94. The van der Waals surface area contributed by atoms with Crippen LogP contribution in [0.1, 0.15) is 0 Å². The zero-order valence-corrected chi connectivity index (χ0v) is 19.8. The van der Waals surface area contributed by atoms with Crippen molar-refractivity contribution in [3.8, 4) is 0 Å². The van der Waals surface area contributed by atoms with Gasteiger partial charge in [0.25, 0.3) is 0 Å². The molecule has 3 atom stereocenters. The Kier molecular flexibility index (Phi) is 16.5. The summed E-state index contributed by atoms with van der Waals surface area (Å²) in [5.41, 5.74) is 0. The van der Waals surface area contributed by atoms with Gasteiger partial charge in [-0.15, -0.1) is 69.6 Å². The second kappa shape index (κ2) is 15.5. The molecule has 0 radical (unpaired) electrons. The van der Waals surface area contributed by atoms with Crippen LogP contribution in [-0.4, -0.2) is 109 Å². The highest BCUT2D eigenvalue weighted by molar-refractivity contribution is 6.20. The first-order valence-corrected chi connectivity index (χ1v) is 11.6. The Balaban J connectivity index is 5.79. The van der Waals surface area contributed by atoms with Crippen molar-refractivity contribution >= 4 is 69.6 Å². The Labute approximate surface area is 183 Å². The van der Waals surface area contributed by atoms with Crippen LogP contribution in [0.3, 0.4) is 0 Å². The molecule has 0 aromatic rings. The van der Waals surface area contributed by atoms with E-state index >= 15 is 0 Å². The Morgan fingerprint density at radius 2 is 0.760 bits per heavy atom. The molecule has 0 bridgehead atoms. The van der Waals surface area contributed by atoms with Gasteiger partial charge in [0.05, 0.1) is 0 Å². The fourth-order valence-corrected chi connectivity index (χ4v) is 5.33. The number of hydrogen-bond acceptors (Lipinski definition) is 3. The summed E-state index contributed by atoms with van der Waals surface area (Å²) in [5.74, 6) is 3.18. The smallest absolute Gasteiger partial charge is 0.0383 e. The third kappa shape index (κ3) is 8.66. The maximum Gasteiger partial charge on any atom is 0.0383 e. The van der Waals surface area contributed by atoms with Gasteiger partial charge in [-0.1, -0.05) is 0 Å². The van der Waals surface area contributed by atoms with Crippen LogP contribution in [0, 0.1) is 5.92 Å². The van der Waals surface area contributed by atoms with E-state index in [0.717, 1.165) is 19.6 Å². The lowest BCUT2D eigenvalue weighted by molar-refractivity contribution is 0.0554. The molecule has 9 heteroatoms. The standard InChI is InChI=1S/C16H31Cl6N3/c1-23(7-4-17)13(10-20)16(14(11-21)24(2)8-5-18)15(12-22)25(3)9-6-19/h13-16H,4-12H2,1-3H3. The summed E-state index contributed by atoms with van der Waals surface area (Å²) in [6, 6.07) is 0.260. The molecule has 3 nitrogen and oxygen atoms in total. The number of halogens is 6. The summed E-state index contributed by atoms with van der Waals surface area (Å²) in [4.78, 5) is 6.60. The Bertz CT molecular complexity index is 279. The van der Waals surface area contributed by atoms with Gasteiger partial charge in [-0.05, 0) is 21.1 Å². The minimum Gasteiger partial charge on any atom is -0.301 e. The lowest BCUT2D eigenvalue weighted by atomic mass is 9.84. The lowest BCUT2D eigenvalue weighted by Gasteiger charge is -2.46. The van der Waals surface area contributed by atoms with E-state index in [4.69, 9.17) is 69.6 Å². The molecular formula is C16H31Cl6N3. The molecule has 0 spiro atoms. The van der Waals surface area contributed by atoms with Gasteiger partial charge in [0.2, 0.25) is 0 Å². The fraction of sp³-hybridized carbons (Fsp3) is 1.00. The van der Waals surface area contributed by atoms with Gasteiger partial charge < -0.3 is 14.7 Å². The van der Waals surface area contributed by atoms with Crippen LogP contribution in [0.5, 0.6) is 0 Å². The molecule has 3 unspecified atom stereocenters. The first-order chi connectivity index (χ1) is 11.9. The van der Waals surface area contributed by atoms with E-state index in [2.05, 4.69) is 14.7 Å². The van der Waals surface area contributed by atoms with E-state index in [1.165, 1.54) is 0 Å². The molecule has 0 saturated heterocycles. The Morgan fingerprint density at radius 1 is 0.520 bits per heavy atom. The molecular weight excluding hydrogens is 447 g/mol. The predicted molar refractivity (Wildman–Crippen MR) is 117 cm³/mol. The Morgan fingerprint density at radius 3 is 0.920 bits per heavy atom. The van der Waals surface area contributed by atoms with Crippen LogP contribution < -0.4 is 0 Å². The second-order valence-electron chi connectivity index (χ2n) is 6.25. The molecule has 0 rings (SSSR count). The summed E-state index contributed by atoms with van der Waals surface area (Å²) in [6.07, 6.45) is 0. The van der Waals surface area contributed by atoms with Crippen LogP contribution >= 0.6 is 69.6 Å². The molecule has 0 aliphatic heterocycles.